The van der Waals surface area contributed by atoms with Gasteiger partial charge in [0.05, 0.1) is 0 Å². The number of benzene rings is 1. The molecule has 0 saturated heterocycles. The summed E-state index contributed by atoms with van der Waals surface area (Å²) in [5.41, 5.74) is 1.16. The summed E-state index contributed by atoms with van der Waals surface area (Å²) < 4.78 is 10.7. The fourth-order valence-corrected chi connectivity index (χ4v) is 1.67. The lowest BCUT2D eigenvalue weighted by Gasteiger charge is -2.04. The minimum absolute atomic E-state index is 0.355. The highest BCUT2D eigenvalue weighted by Gasteiger charge is 2.16. The van der Waals surface area contributed by atoms with Gasteiger partial charge in [-0.25, -0.2) is 0 Å². The molecule has 1 aromatic rings. The predicted molar refractivity (Wildman–Crippen MR) is 54.6 cm³/mol. The van der Waals surface area contributed by atoms with Gasteiger partial charge in [0.1, 0.15) is 0 Å². The Balaban J connectivity index is 2.06. The van der Waals surface area contributed by atoms with Crippen molar-refractivity contribution < 1.29 is 9.47 Å². The molecule has 14 heavy (non-hydrogen) atoms. The molecule has 0 fully saturated rings. The van der Waals surface area contributed by atoms with Crippen molar-refractivity contribution in [2.24, 2.45) is 0 Å². The third-order valence-corrected chi connectivity index (χ3v) is 2.44. The molecule has 1 radical (unpaired) electrons. The van der Waals surface area contributed by atoms with Crippen LogP contribution in [0.4, 0.5) is 0 Å². The topological polar surface area (TPSA) is 18.5 Å². The second-order valence-electron chi connectivity index (χ2n) is 3.51. The number of unbranched alkanes of at least 4 members (excludes halogenated alkanes) is 2. The van der Waals surface area contributed by atoms with Crippen molar-refractivity contribution in [3.63, 3.8) is 0 Å². The maximum Gasteiger partial charge on any atom is 0.231 e. The van der Waals surface area contributed by atoms with Crippen LogP contribution in [0.1, 0.15) is 31.7 Å². The monoisotopic (exact) mass is 191 g/mol. The Hall–Kier alpha value is -1.18. The van der Waals surface area contributed by atoms with Crippen molar-refractivity contribution in [3.8, 4) is 11.5 Å². The van der Waals surface area contributed by atoms with Crippen LogP contribution in [0.25, 0.3) is 0 Å². The number of hydrogen-bond donors (Lipinski definition) is 0. The molecule has 1 aromatic carbocycles. The maximum absolute atomic E-state index is 5.41. The van der Waals surface area contributed by atoms with Gasteiger partial charge in [0.2, 0.25) is 6.79 Å². The Bertz CT molecular complexity index is 307. The van der Waals surface area contributed by atoms with Crippen LogP contribution < -0.4 is 9.47 Å². The van der Waals surface area contributed by atoms with Crippen molar-refractivity contribution in [3.05, 3.63) is 23.8 Å². The molecule has 75 valence electrons. The molecule has 0 bridgehead atoms. The Morgan fingerprint density at radius 1 is 1.36 bits per heavy atom. The molecule has 0 aliphatic carbocycles. The Morgan fingerprint density at radius 3 is 3.14 bits per heavy atom. The molecule has 0 N–H and O–H groups in total. The maximum atomic E-state index is 5.41. The SMILES string of the molecule is CCCCCc1[c]ccc2c1OCO2. The molecule has 0 atom stereocenters. The Kier molecular flexibility index (Phi) is 2.92. The number of fused-ring (bicyclic) bond motifs is 1. The molecular formula is C12H15O2. The van der Waals surface area contributed by atoms with Gasteiger partial charge in [-0.15, -0.1) is 0 Å². The van der Waals surface area contributed by atoms with E-state index < -0.39 is 0 Å². The summed E-state index contributed by atoms with van der Waals surface area (Å²) in [5.74, 6) is 1.78. The first-order valence-corrected chi connectivity index (χ1v) is 5.21. The van der Waals surface area contributed by atoms with Gasteiger partial charge in [-0.3, -0.25) is 0 Å². The first kappa shape index (κ1) is 9.38. The Labute approximate surface area is 84.8 Å². The number of rotatable bonds is 4. The first-order chi connectivity index (χ1) is 6.92. The summed E-state index contributed by atoms with van der Waals surface area (Å²) in [7, 11) is 0. The van der Waals surface area contributed by atoms with Crippen molar-refractivity contribution >= 4 is 0 Å². The van der Waals surface area contributed by atoms with E-state index in [1.807, 2.05) is 12.1 Å². The molecule has 0 unspecified atom stereocenters. The second-order valence-corrected chi connectivity index (χ2v) is 3.51. The zero-order valence-electron chi connectivity index (χ0n) is 8.51. The molecule has 1 aliphatic heterocycles. The minimum atomic E-state index is 0.355. The molecule has 2 heteroatoms. The van der Waals surface area contributed by atoms with E-state index in [-0.39, 0.29) is 0 Å². The zero-order chi connectivity index (χ0) is 9.80. The van der Waals surface area contributed by atoms with Crippen molar-refractivity contribution in [2.45, 2.75) is 32.6 Å². The van der Waals surface area contributed by atoms with Crippen molar-refractivity contribution in [1.29, 1.82) is 0 Å². The first-order valence-electron chi connectivity index (χ1n) is 5.21. The van der Waals surface area contributed by atoms with E-state index in [2.05, 4.69) is 13.0 Å². The molecule has 1 heterocycles. The van der Waals surface area contributed by atoms with Crippen LogP contribution in [0.3, 0.4) is 0 Å². The van der Waals surface area contributed by atoms with Crippen molar-refractivity contribution in [2.75, 3.05) is 6.79 Å². The second kappa shape index (κ2) is 4.36. The predicted octanol–water partition coefficient (Wildman–Crippen LogP) is 2.95. The van der Waals surface area contributed by atoms with Gasteiger partial charge in [-0.05, 0) is 25.0 Å². The van der Waals surface area contributed by atoms with E-state index in [1.54, 1.807) is 0 Å². The van der Waals surface area contributed by atoms with Crippen LogP contribution in [-0.2, 0) is 6.42 Å². The quantitative estimate of drug-likeness (QED) is 0.681. The number of aryl methyl sites for hydroxylation is 1. The average molecular weight is 191 g/mol. The molecule has 0 aromatic heterocycles. The van der Waals surface area contributed by atoms with Gasteiger partial charge < -0.3 is 9.47 Å². The molecular weight excluding hydrogens is 176 g/mol. The third kappa shape index (κ3) is 1.84. The summed E-state index contributed by atoms with van der Waals surface area (Å²) in [6, 6.07) is 7.04. The van der Waals surface area contributed by atoms with E-state index in [0.717, 1.165) is 23.5 Å². The Morgan fingerprint density at radius 2 is 2.29 bits per heavy atom. The molecule has 0 saturated carbocycles. The zero-order valence-corrected chi connectivity index (χ0v) is 8.51. The van der Waals surface area contributed by atoms with Gasteiger partial charge in [-0.1, -0.05) is 25.8 Å². The normalized spacial score (nSPS) is 13.2. The van der Waals surface area contributed by atoms with Crippen LogP contribution >= 0.6 is 0 Å². The van der Waals surface area contributed by atoms with E-state index in [4.69, 9.17) is 9.47 Å². The largest absolute Gasteiger partial charge is 0.454 e. The lowest BCUT2D eigenvalue weighted by molar-refractivity contribution is 0.173. The molecule has 2 rings (SSSR count). The lowest BCUT2D eigenvalue weighted by atomic mass is 10.1. The van der Waals surface area contributed by atoms with Crippen LogP contribution in [0, 0.1) is 6.07 Å². The van der Waals surface area contributed by atoms with Crippen LogP contribution in [0.15, 0.2) is 12.1 Å². The molecule has 2 nitrogen and oxygen atoms in total. The van der Waals surface area contributed by atoms with Crippen molar-refractivity contribution in [1.82, 2.24) is 0 Å². The highest BCUT2D eigenvalue weighted by molar-refractivity contribution is 5.47. The van der Waals surface area contributed by atoms with Crippen LogP contribution in [-0.4, -0.2) is 6.79 Å². The minimum Gasteiger partial charge on any atom is -0.454 e. The average Bonchev–Trinajstić information content (AvgIpc) is 2.67. The highest BCUT2D eigenvalue weighted by atomic mass is 16.7. The van der Waals surface area contributed by atoms with E-state index in [1.165, 1.54) is 19.3 Å². The van der Waals surface area contributed by atoms with E-state index in [0.29, 0.717) is 6.79 Å². The molecule has 0 spiro atoms. The smallest absolute Gasteiger partial charge is 0.231 e. The van der Waals surface area contributed by atoms with Gasteiger partial charge >= 0.3 is 0 Å². The number of hydrogen-bond acceptors (Lipinski definition) is 2. The van der Waals surface area contributed by atoms with Crippen LogP contribution in [0.5, 0.6) is 11.5 Å². The summed E-state index contributed by atoms with van der Waals surface area (Å²) in [5, 5.41) is 0. The lowest BCUT2D eigenvalue weighted by Crippen LogP contribution is -1.94. The number of ether oxygens (including phenoxy) is 2. The van der Waals surface area contributed by atoms with Gasteiger partial charge in [0.25, 0.3) is 0 Å². The standard InChI is InChI=1S/C12H15O2/c1-2-3-4-6-10-7-5-8-11-12(10)14-9-13-11/h5,8H,2-4,6,9H2,1H3. The van der Waals surface area contributed by atoms with Gasteiger partial charge in [-0.2, -0.15) is 0 Å². The molecule has 0 amide bonds. The van der Waals surface area contributed by atoms with E-state index in [9.17, 15) is 0 Å². The summed E-state index contributed by atoms with van der Waals surface area (Å²) in [4.78, 5) is 0. The van der Waals surface area contributed by atoms with Gasteiger partial charge in [0, 0.05) is 5.56 Å². The third-order valence-electron chi connectivity index (χ3n) is 2.44. The summed E-state index contributed by atoms with van der Waals surface area (Å²) >= 11 is 0. The molecule has 1 aliphatic rings. The van der Waals surface area contributed by atoms with Crippen LogP contribution in [0.2, 0.25) is 0 Å². The summed E-state index contributed by atoms with van der Waals surface area (Å²) in [6.45, 7) is 2.56. The fraction of sp³-hybridized carbons (Fsp3) is 0.500. The van der Waals surface area contributed by atoms with E-state index >= 15 is 0 Å². The summed E-state index contributed by atoms with van der Waals surface area (Å²) in [6.07, 6.45) is 4.75. The highest BCUT2D eigenvalue weighted by Crippen LogP contribution is 2.35. The fourth-order valence-electron chi connectivity index (χ4n) is 1.67. The van der Waals surface area contributed by atoms with Gasteiger partial charge in [0.15, 0.2) is 11.5 Å².